The minimum Gasteiger partial charge on any atom is -0.387 e. The van der Waals surface area contributed by atoms with E-state index in [4.69, 9.17) is 19.3 Å². The maximum absolute atomic E-state index is 9.67. The van der Waals surface area contributed by atoms with Gasteiger partial charge in [0.05, 0.1) is 6.10 Å². The molecule has 6 nitrogen and oxygen atoms in total. The van der Waals surface area contributed by atoms with Crippen LogP contribution in [0.2, 0.25) is 0 Å². The van der Waals surface area contributed by atoms with Crippen molar-refractivity contribution in [1.82, 2.24) is 0 Å². The van der Waals surface area contributed by atoms with E-state index in [0.29, 0.717) is 0 Å². The van der Waals surface area contributed by atoms with Crippen molar-refractivity contribution in [3.05, 3.63) is 25.9 Å². The molecule has 3 N–H and O–H groups in total. The SMILES string of the molecule is C[C@@H]1[CH][CH][CH][C@H](OC2[CH]O[C@@H](O)[C@H](O)[C@@H]2O)O1. The van der Waals surface area contributed by atoms with Gasteiger partial charge in [0.25, 0.3) is 0 Å². The molecule has 2 rings (SSSR count). The van der Waals surface area contributed by atoms with E-state index in [9.17, 15) is 10.2 Å². The molecule has 4 radical (unpaired) electrons. The van der Waals surface area contributed by atoms with Crippen molar-refractivity contribution < 1.29 is 29.5 Å². The summed E-state index contributed by atoms with van der Waals surface area (Å²) in [6.07, 6.45) is -0.292. The van der Waals surface area contributed by atoms with Crippen molar-refractivity contribution in [2.24, 2.45) is 0 Å². The third-order valence-electron chi connectivity index (χ3n) is 2.62. The van der Waals surface area contributed by atoms with Crippen LogP contribution in [0.5, 0.6) is 0 Å². The minimum atomic E-state index is -1.43. The Hall–Kier alpha value is -0.240. The minimum absolute atomic E-state index is 0.0813. The lowest BCUT2D eigenvalue weighted by molar-refractivity contribution is -0.266. The molecule has 0 aliphatic carbocycles. The van der Waals surface area contributed by atoms with E-state index < -0.39 is 30.9 Å². The van der Waals surface area contributed by atoms with Gasteiger partial charge in [0.15, 0.2) is 12.6 Å². The van der Waals surface area contributed by atoms with Crippen molar-refractivity contribution in [2.45, 2.75) is 43.9 Å². The molecule has 0 amide bonds. The average Bonchev–Trinajstić information content (AvgIpc) is 2.30. The first-order valence-corrected chi connectivity index (χ1v) is 5.43. The summed E-state index contributed by atoms with van der Waals surface area (Å²) in [5.74, 6) is 0. The normalized spacial score (nSPS) is 48.0. The largest absolute Gasteiger partial charge is 0.387 e. The monoisotopic (exact) mass is 244 g/mol. The first kappa shape index (κ1) is 13.2. The molecular formula is C11H16O6. The van der Waals surface area contributed by atoms with Crippen molar-refractivity contribution >= 4 is 0 Å². The molecule has 2 aliphatic heterocycles. The second-order valence-electron chi connectivity index (χ2n) is 4.03. The van der Waals surface area contributed by atoms with Crippen LogP contribution < -0.4 is 0 Å². The van der Waals surface area contributed by atoms with E-state index >= 15 is 0 Å². The summed E-state index contributed by atoms with van der Waals surface area (Å²) in [7, 11) is 0. The van der Waals surface area contributed by atoms with Gasteiger partial charge in [-0.15, -0.1) is 0 Å². The summed E-state index contributed by atoms with van der Waals surface area (Å²) in [5.41, 5.74) is 0. The van der Waals surface area contributed by atoms with Crippen molar-refractivity contribution in [1.29, 1.82) is 0 Å². The van der Waals surface area contributed by atoms with E-state index in [1.165, 1.54) is 0 Å². The number of rotatable bonds is 2. The van der Waals surface area contributed by atoms with Crippen LogP contribution in [0.15, 0.2) is 0 Å². The Morgan fingerprint density at radius 1 is 1.12 bits per heavy atom. The molecule has 1 unspecified atom stereocenters. The summed E-state index contributed by atoms with van der Waals surface area (Å²) in [6, 6.07) is 0. The first-order valence-electron chi connectivity index (χ1n) is 5.43. The highest BCUT2D eigenvalue weighted by molar-refractivity contribution is 5.05. The van der Waals surface area contributed by atoms with Gasteiger partial charge in [-0.2, -0.15) is 0 Å². The maximum Gasteiger partial charge on any atom is 0.184 e. The lowest BCUT2D eigenvalue weighted by Crippen LogP contribution is -2.53. The average molecular weight is 244 g/mol. The number of aliphatic hydroxyl groups excluding tert-OH is 3. The third-order valence-corrected chi connectivity index (χ3v) is 2.62. The Morgan fingerprint density at radius 3 is 2.59 bits per heavy atom. The smallest absolute Gasteiger partial charge is 0.184 e. The van der Waals surface area contributed by atoms with Gasteiger partial charge in [-0.1, -0.05) is 0 Å². The van der Waals surface area contributed by atoms with E-state index in [1.54, 1.807) is 12.8 Å². The topological polar surface area (TPSA) is 88.4 Å². The van der Waals surface area contributed by atoms with Crippen LogP contribution in [0.4, 0.5) is 0 Å². The zero-order chi connectivity index (χ0) is 12.4. The van der Waals surface area contributed by atoms with Crippen molar-refractivity contribution in [3.63, 3.8) is 0 Å². The van der Waals surface area contributed by atoms with Gasteiger partial charge in [0.2, 0.25) is 0 Å². The molecule has 0 aromatic rings. The number of hydrogen-bond donors (Lipinski definition) is 3. The Kier molecular flexibility index (Phi) is 4.35. The molecule has 2 saturated heterocycles. The van der Waals surface area contributed by atoms with Gasteiger partial charge in [-0.3, -0.25) is 0 Å². The molecule has 0 saturated carbocycles. The first-order chi connectivity index (χ1) is 8.08. The molecule has 0 spiro atoms. The van der Waals surface area contributed by atoms with E-state index in [-0.39, 0.29) is 6.10 Å². The fraction of sp³-hybridized carbons (Fsp3) is 0.636. The van der Waals surface area contributed by atoms with Crippen LogP contribution in [-0.4, -0.2) is 52.3 Å². The van der Waals surface area contributed by atoms with Gasteiger partial charge in [0.1, 0.15) is 24.9 Å². The summed E-state index contributed by atoms with van der Waals surface area (Å²) in [6.45, 7) is 3.01. The number of aliphatic hydroxyl groups is 3. The van der Waals surface area contributed by atoms with Gasteiger partial charge in [0, 0.05) is 6.42 Å². The van der Waals surface area contributed by atoms with E-state index in [0.717, 1.165) is 6.61 Å². The standard InChI is InChI=1S/C11H16O6/c1-6-3-2-4-8(16-6)17-7-5-15-11(14)10(13)9(7)12/h2-14H,1H3/t6-,7?,8+,9-,10-,11-/m1/s1. The van der Waals surface area contributed by atoms with Gasteiger partial charge in [-0.05, 0) is 19.8 Å². The highest BCUT2D eigenvalue weighted by Gasteiger charge is 2.40. The summed E-state index contributed by atoms with van der Waals surface area (Å²) in [4.78, 5) is 0. The van der Waals surface area contributed by atoms with Gasteiger partial charge < -0.3 is 29.5 Å². The Bertz CT molecular complexity index is 248. The zero-order valence-corrected chi connectivity index (χ0v) is 9.34. The van der Waals surface area contributed by atoms with Gasteiger partial charge >= 0.3 is 0 Å². The van der Waals surface area contributed by atoms with E-state index in [1.807, 2.05) is 13.3 Å². The van der Waals surface area contributed by atoms with Crippen molar-refractivity contribution in [2.75, 3.05) is 0 Å². The molecule has 0 bridgehead atoms. The Balaban J connectivity index is 1.86. The molecule has 2 heterocycles. The number of ether oxygens (including phenoxy) is 3. The molecule has 0 aromatic carbocycles. The van der Waals surface area contributed by atoms with Crippen LogP contribution in [0.1, 0.15) is 6.92 Å². The molecule has 6 heteroatoms. The summed E-state index contributed by atoms with van der Waals surface area (Å²) < 4.78 is 15.6. The molecular weight excluding hydrogens is 228 g/mol. The van der Waals surface area contributed by atoms with Crippen molar-refractivity contribution in [3.8, 4) is 0 Å². The van der Waals surface area contributed by atoms with E-state index in [2.05, 4.69) is 0 Å². The predicted octanol–water partition coefficient (Wildman–Crippen LogP) is -1.04. The lowest BCUT2D eigenvalue weighted by Gasteiger charge is -2.37. The predicted molar refractivity (Wildman–Crippen MR) is 55.5 cm³/mol. The highest BCUT2D eigenvalue weighted by atomic mass is 16.7. The fourth-order valence-corrected chi connectivity index (χ4v) is 1.64. The molecule has 0 aromatic heterocycles. The van der Waals surface area contributed by atoms with Crippen LogP contribution >= 0.6 is 0 Å². The highest BCUT2D eigenvalue weighted by Crippen LogP contribution is 2.24. The second-order valence-corrected chi connectivity index (χ2v) is 4.03. The number of hydrogen-bond acceptors (Lipinski definition) is 6. The molecule has 96 valence electrons. The van der Waals surface area contributed by atoms with Crippen LogP contribution in [0.3, 0.4) is 0 Å². The van der Waals surface area contributed by atoms with Gasteiger partial charge in [-0.25, -0.2) is 0 Å². The molecule has 2 aliphatic rings. The lowest BCUT2D eigenvalue weighted by atomic mass is 10.0. The Labute approximate surface area is 100 Å². The third kappa shape index (κ3) is 3.15. The van der Waals surface area contributed by atoms with Crippen LogP contribution in [0.25, 0.3) is 0 Å². The molecule has 6 atom stereocenters. The second kappa shape index (κ2) is 5.60. The molecule has 2 fully saturated rings. The Morgan fingerprint density at radius 2 is 1.88 bits per heavy atom. The summed E-state index contributed by atoms with van der Waals surface area (Å²) >= 11 is 0. The van der Waals surface area contributed by atoms with Crippen LogP contribution in [0, 0.1) is 25.9 Å². The maximum atomic E-state index is 9.67. The fourth-order valence-electron chi connectivity index (χ4n) is 1.64. The molecule has 17 heavy (non-hydrogen) atoms. The summed E-state index contributed by atoms with van der Waals surface area (Å²) in [5, 5.41) is 28.2. The quantitative estimate of drug-likeness (QED) is 0.575. The van der Waals surface area contributed by atoms with Crippen LogP contribution in [-0.2, 0) is 14.2 Å². The zero-order valence-electron chi connectivity index (χ0n) is 9.34.